The number of ether oxygens (including phenoxy) is 1. The van der Waals surface area contributed by atoms with E-state index in [1.807, 2.05) is 43.3 Å². The fourth-order valence-electron chi connectivity index (χ4n) is 5.56. The van der Waals surface area contributed by atoms with Crippen molar-refractivity contribution in [3.63, 3.8) is 0 Å². The minimum atomic E-state index is -4.02. The maximum atomic E-state index is 13.8. The number of sulfonamides is 1. The van der Waals surface area contributed by atoms with Gasteiger partial charge in [0.15, 0.2) is 0 Å². The van der Waals surface area contributed by atoms with E-state index in [1.165, 1.54) is 12.1 Å². The van der Waals surface area contributed by atoms with Gasteiger partial charge in [0.25, 0.3) is 0 Å². The molecule has 4 aromatic rings. The summed E-state index contributed by atoms with van der Waals surface area (Å²) >= 11 is 0. The largest absolute Gasteiger partial charge is 0.425 e. The van der Waals surface area contributed by atoms with Crippen molar-refractivity contribution in [3.05, 3.63) is 105 Å². The summed E-state index contributed by atoms with van der Waals surface area (Å²) in [6.07, 6.45) is 7.37. The van der Waals surface area contributed by atoms with Gasteiger partial charge in [0.1, 0.15) is 17.4 Å². The van der Waals surface area contributed by atoms with Crippen LogP contribution in [0.15, 0.2) is 80.8 Å². The molecule has 0 aliphatic heterocycles. The van der Waals surface area contributed by atoms with Crippen LogP contribution in [0.2, 0.25) is 0 Å². The van der Waals surface area contributed by atoms with Crippen LogP contribution in [0.5, 0.6) is 5.75 Å². The van der Waals surface area contributed by atoms with Gasteiger partial charge in [-0.1, -0.05) is 74.2 Å². The molecule has 3 aromatic carbocycles. The van der Waals surface area contributed by atoms with Crippen molar-refractivity contribution in [1.82, 2.24) is 4.72 Å². The number of benzene rings is 3. The molecule has 1 atom stereocenters. The first-order valence-corrected chi connectivity index (χ1v) is 16.2. The van der Waals surface area contributed by atoms with Crippen molar-refractivity contribution in [2.45, 2.75) is 82.6 Å². The Balaban J connectivity index is 1.49. The van der Waals surface area contributed by atoms with Crippen LogP contribution in [0.1, 0.15) is 66.8 Å². The number of carbonyl (C=O) groups excluding carboxylic acids is 1. The van der Waals surface area contributed by atoms with Crippen LogP contribution in [-0.2, 0) is 40.5 Å². The summed E-state index contributed by atoms with van der Waals surface area (Å²) in [6, 6.07) is 18.1. The second kappa shape index (κ2) is 13.0. The molecule has 7 nitrogen and oxygen atoms in total. The summed E-state index contributed by atoms with van der Waals surface area (Å²) in [4.78, 5) is 26.5. The van der Waals surface area contributed by atoms with Crippen LogP contribution in [0.25, 0.3) is 11.0 Å². The van der Waals surface area contributed by atoms with E-state index < -0.39 is 22.0 Å². The highest BCUT2D eigenvalue weighted by Gasteiger charge is 2.29. The highest BCUT2D eigenvalue weighted by Crippen LogP contribution is 2.33. The molecular formula is C34H37NO6S. The fraction of sp³-hybridized carbons (Fsp3) is 0.353. The zero-order valence-corrected chi connectivity index (χ0v) is 25.0. The molecule has 1 aliphatic carbocycles. The molecule has 8 heteroatoms. The average molecular weight is 588 g/mol. The van der Waals surface area contributed by atoms with Crippen LogP contribution in [-0.4, -0.2) is 20.4 Å². The van der Waals surface area contributed by atoms with Gasteiger partial charge in [0.05, 0.1) is 4.90 Å². The van der Waals surface area contributed by atoms with E-state index in [2.05, 4.69) is 11.6 Å². The van der Waals surface area contributed by atoms with Gasteiger partial charge in [-0.3, -0.25) is 0 Å². The summed E-state index contributed by atoms with van der Waals surface area (Å²) in [5.41, 5.74) is 4.32. The van der Waals surface area contributed by atoms with Crippen molar-refractivity contribution in [2.75, 3.05) is 0 Å². The molecule has 1 unspecified atom stereocenters. The number of unbranched alkanes of at least 4 members (excludes halogenated alkanes) is 3. The smallest absolute Gasteiger partial charge is 0.339 e. The second-order valence-electron chi connectivity index (χ2n) is 11.1. The Labute approximate surface area is 247 Å². The Morgan fingerprint density at radius 1 is 0.976 bits per heavy atom. The van der Waals surface area contributed by atoms with Crippen LogP contribution in [0.3, 0.4) is 0 Å². The highest BCUT2D eigenvalue weighted by molar-refractivity contribution is 7.89. The quantitative estimate of drug-likeness (QED) is 0.0915. The summed E-state index contributed by atoms with van der Waals surface area (Å²) in [5.74, 6) is -0.440. The third-order valence-electron chi connectivity index (χ3n) is 7.86. The number of carbonyl (C=O) groups is 1. The number of aryl methyl sites for hydroxylation is 3. The number of esters is 1. The van der Waals surface area contributed by atoms with Crippen LogP contribution >= 0.6 is 0 Å². The van der Waals surface area contributed by atoms with Gasteiger partial charge in [-0.2, -0.15) is 4.72 Å². The van der Waals surface area contributed by atoms with Gasteiger partial charge in [0.2, 0.25) is 10.0 Å². The molecule has 0 saturated carbocycles. The van der Waals surface area contributed by atoms with E-state index in [0.29, 0.717) is 18.4 Å². The lowest BCUT2D eigenvalue weighted by atomic mass is 9.99. The molecule has 1 aromatic heterocycles. The molecule has 0 fully saturated rings. The average Bonchev–Trinajstić information content (AvgIpc) is 3.47. The zero-order valence-electron chi connectivity index (χ0n) is 24.1. The molecule has 1 heterocycles. The lowest BCUT2D eigenvalue weighted by molar-refractivity contribution is -0.136. The topological polar surface area (TPSA) is 103 Å². The molecule has 0 bridgehead atoms. The Kier molecular flexibility index (Phi) is 9.24. The lowest BCUT2D eigenvalue weighted by Crippen LogP contribution is -2.44. The predicted molar refractivity (Wildman–Crippen MR) is 163 cm³/mol. The van der Waals surface area contributed by atoms with Crippen LogP contribution < -0.4 is 15.1 Å². The molecule has 5 rings (SSSR count). The van der Waals surface area contributed by atoms with Crippen molar-refractivity contribution in [2.24, 2.45) is 0 Å². The molecule has 0 amide bonds. The number of fused-ring (bicyclic) bond motifs is 3. The number of hydrogen-bond donors (Lipinski definition) is 1. The molecule has 220 valence electrons. The summed E-state index contributed by atoms with van der Waals surface area (Å²) in [6.45, 7) is 4.03. The normalized spacial score (nSPS) is 13.7. The van der Waals surface area contributed by atoms with Crippen molar-refractivity contribution >= 4 is 27.0 Å². The molecular weight excluding hydrogens is 550 g/mol. The molecule has 1 aliphatic rings. The summed E-state index contributed by atoms with van der Waals surface area (Å²) < 4.78 is 40.9. The fourth-order valence-corrected chi connectivity index (χ4v) is 6.75. The second-order valence-corrected chi connectivity index (χ2v) is 12.8. The molecule has 0 spiro atoms. The van der Waals surface area contributed by atoms with Crippen molar-refractivity contribution < 1.29 is 22.4 Å². The van der Waals surface area contributed by atoms with E-state index in [1.54, 1.807) is 18.2 Å². The Hall–Kier alpha value is -3.75. The summed E-state index contributed by atoms with van der Waals surface area (Å²) in [5, 5.41) is 0.883. The maximum absolute atomic E-state index is 13.8. The van der Waals surface area contributed by atoms with E-state index >= 15 is 0 Å². The Morgan fingerprint density at radius 2 is 1.71 bits per heavy atom. The number of rotatable bonds is 12. The van der Waals surface area contributed by atoms with E-state index in [0.717, 1.165) is 71.7 Å². The first-order chi connectivity index (χ1) is 20.2. The zero-order chi connectivity index (χ0) is 29.7. The minimum absolute atomic E-state index is 0.0666. The van der Waals surface area contributed by atoms with Gasteiger partial charge >= 0.3 is 11.6 Å². The van der Waals surface area contributed by atoms with Gasteiger partial charge in [-0.25, -0.2) is 18.0 Å². The van der Waals surface area contributed by atoms with Crippen LogP contribution in [0.4, 0.5) is 0 Å². The molecule has 0 radical (unpaired) electrons. The van der Waals surface area contributed by atoms with Gasteiger partial charge < -0.3 is 9.15 Å². The Morgan fingerprint density at radius 3 is 2.45 bits per heavy atom. The van der Waals surface area contributed by atoms with Crippen molar-refractivity contribution in [1.29, 1.82) is 0 Å². The van der Waals surface area contributed by atoms with Crippen LogP contribution in [0, 0.1) is 6.92 Å². The number of hydrogen-bond acceptors (Lipinski definition) is 6. The number of nitrogens with one attached hydrogen (secondary N) is 1. The van der Waals surface area contributed by atoms with Gasteiger partial charge in [0, 0.05) is 17.0 Å². The minimum Gasteiger partial charge on any atom is -0.425 e. The monoisotopic (exact) mass is 587 g/mol. The highest BCUT2D eigenvalue weighted by atomic mass is 32.2. The SMILES string of the molecule is CCCCCCc1cc2c3c(c(=O)oc2cc1OC(=O)C(Cc1ccccc1)NS(=O)(=O)c1ccc(C)cc1)CCC3. The molecule has 42 heavy (non-hydrogen) atoms. The van der Waals surface area contributed by atoms with Gasteiger partial charge in [-0.05, 0) is 80.3 Å². The summed E-state index contributed by atoms with van der Waals surface area (Å²) in [7, 11) is -4.02. The standard InChI is InChI=1S/C34H37NO6S/c1-3-4-5-9-13-25-21-29-27-14-10-15-28(27)33(36)41-32(29)22-31(25)40-34(37)30(20-24-11-7-6-8-12-24)35-42(38,39)26-18-16-23(2)17-19-26/h6-8,11-12,16-19,21-22,30,35H,3-5,9-10,13-15,20H2,1-2H3. The maximum Gasteiger partial charge on any atom is 0.339 e. The van der Waals surface area contributed by atoms with Gasteiger partial charge in [-0.15, -0.1) is 0 Å². The first-order valence-electron chi connectivity index (χ1n) is 14.7. The van der Waals surface area contributed by atoms with E-state index in [9.17, 15) is 18.0 Å². The molecule has 1 N–H and O–H groups in total. The third-order valence-corrected chi connectivity index (χ3v) is 9.35. The van der Waals surface area contributed by atoms with E-state index in [-0.39, 0.29) is 22.7 Å². The molecule has 0 saturated heterocycles. The Bertz CT molecular complexity index is 1730. The van der Waals surface area contributed by atoms with E-state index in [4.69, 9.17) is 9.15 Å². The predicted octanol–water partition coefficient (Wildman–Crippen LogP) is 6.21. The lowest BCUT2D eigenvalue weighted by Gasteiger charge is -2.20. The first kappa shape index (κ1) is 29.7. The third kappa shape index (κ3) is 6.82. The van der Waals surface area contributed by atoms with Crippen molar-refractivity contribution in [3.8, 4) is 5.75 Å².